The fourth-order valence-electron chi connectivity index (χ4n) is 3.22. The molecule has 1 aliphatic rings. The largest absolute Gasteiger partial charge is 0.461 e. The maximum absolute atomic E-state index is 13.1. The Labute approximate surface area is 138 Å². The Hall–Kier alpha value is -2.44. The van der Waals surface area contributed by atoms with E-state index < -0.39 is 6.10 Å². The van der Waals surface area contributed by atoms with E-state index in [4.69, 9.17) is 8.94 Å². The molecule has 3 aromatic rings. The summed E-state index contributed by atoms with van der Waals surface area (Å²) in [7, 11) is 0. The number of furan rings is 1. The van der Waals surface area contributed by atoms with Crippen LogP contribution >= 0.6 is 0 Å². The van der Waals surface area contributed by atoms with Gasteiger partial charge in [-0.05, 0) is 36.2 Å². The molecule has 6 heteroatoms. The van der Waals surface area contributed by atoms with Gasteiger partial charge >= 0.3 is 0 Å². The van der Waals surface area contributed by atoms with Crippen LogP contribution in [0.15, 0.2) is 57.7 Å². The Balaban J connectivity index is 1.53. The lowest BCUT2D eigenvalue weighted by molar-refractivity contribution is 0.171. The molecule has 0 radical (unpaired) electrons. The number of aliphatic hydroxyl groups is 1. The van der Waals surface area contributed by atoms with E-state index in [0.29, 0.717) is 31.0 Å². The number of hydrogen-bond acceptors (Lipinski definition) is 5. The highest BCUT2D eigenvalue weighted by atomic mass is 19.1. The molecule has 0 aliphatic carbocycles. The van der Waals surface area contributed by atoms with Gasteiger partial charge in [-0.15, -0.1) is 0 Å². The first-order chi connectivity index (χ1) is 11.7. The van der Waals surface area contributed by atoms with Crippen molar-refractivity contribution in [3.05, 3.63) is 65.8 Å². The van der Waals surface area contributed by atoms with Gasteiger partial charge in [-0.2, -0.15) is 0 Å². The molecule has 1 aromatic carbocycles. The molecule has 1 N–H and O–H groups in total. The van der Waals surface area contributed by atoms with E-state index in [0.717, 1.165) is 11.3 Å². The summed E-state index contributed by atoms with van der Waals surface area (Å²) in [6, 6.07) is 11.9. The maximum Gasteiger partial charge on any atom is 0.202 e. The molecule has 3 heterocycles. The van der Waals surface area contributed by atoms with E-state index in [1.54, 1.807) is 24.5 Å². The minimum absolute atomic E-state index is 0.0318. The molecule has 2 atom stereocenters. The van der Waals surface area contributed by atoms with Crippen molar-refractivity contribution in [2.24, 2.45) is 0 Å². The molecule has 5 nitrogen and oxygen atoms in total. The quantitative estimate of drug-likeness (QED) is 0.795. The number of aliphatic hydroxyl groups excluding tert-OH is 1. The third-order valence-electron chi connectivity index (χ3n) is 4.32. The van der Waals surface area contributed by atoms with Crippen LogP contribution in [0.3, 0.4) is 0 Å². The molecule has 0 bridgehead atoms. The van der Waals surface area contributed by atoms with Crippen LogP contribution in [0.4, 0.5) is 4.39 Å². The van der Waals surface area contributed by atoms with Crippen molar-refractivity contribution in [1.82, 2.24) is 10.1 Å². The van der Waals surface area contributed by atoms with Gasteiger partial charge in [0, 0.05) is 25.2 Å². The number of benzene rings is 1. The number of halogens is 1. The second kappa shape index (κ2) is 6.22. The molecular formula is C18H17FN2O3. The summed E-state index contributed by atoms with van der Waals surface area (Å²) in [4.78, 5) is 2.13. The van der Waals surface area contributed by atoms with Crippen molar-refractivity contribution < 1.29 is 18.4 Å². The monoisotopic (exact) mass is 328 g/mol. The summed E-state index contributed by atoms with van der Waals surface area (Å²) in [6.45, 7) is 1.09. The molecule has 124 valence electrons. The Morgan fingerprint density at radius 2 is 2.04 bits per heavy atom. The van der Waals surface area contributed by atoms with Crippen LogP contribution in [-0.4, -0.2) is 27.8 Å². The fourth-order valence-corrected chi connectivity index (χ4v) is 3.22. The van der Waals surface area contributed by atoms with Crippen molar-refractivity contribution in [3.63, 3.8) is 0 Å². The number of rotatable bonds is 4. The molecule has 1 aliphatic heterocycles. The minimum Gasteiger partial charge on any atom is -0.461 e. The molecule has 0 amide bonds. The third-order valence-corrected chi connectivity index (χ3v) is 4.32. The first kappa shape index (κ1) is 15.1. The molecule has 4 rings (SSSR count). The highest BCUT2D eigenvalue weighted by Gasteiger charge is 2.32. The Kier molecular flexibility index (Phi) is 3.92. The van der Waals surface area contributed by atoms with Gasteiger partial charge in [-0.1, -0.05) is 17.3 Å². The van der Waals surface area contributed by atoms with Crippen LogP contribution in [0.2, 0.25) is 0 Å². The van der Waals surface area contributed by atoms with E-state index in [1.165, 1.54) is 12.1 Å². The van der Waals surface area contributed by atoms with Crippen molar-refractivity contribution in [3.8, 4) is 11.5 Å². The van der Waals surface area contributed by atoms with E-state index >= 15 is 0 Å². The van der Waals surface area contributed by atoms with Crippen LogP contribution in [-0.2, 0) is 6.54 Å². The molecule has 24 heavy (non-hydrogen) atoms. The van der Waals surface area contributed by atoms with Gasteiger partial charge in [-0.25, -0.2) is 4.39 Å². The molecule has 1 fully saturated rings. The zero-order valence-electron chi connectivity index (χ0n) is 12.9. The SMILES string of the molecule is O[C@@H]1C[C@H](c2ccc(F)cc2)N(Cc2cc(-c3ccco3)on2)C1. The van der Waals surface area contributed by atoms with E-state index in [9.17, 15) is 9.50 Å². The topological polar surface area (TPSA) is 62.6 Å². The summed E-state index contributed by atoms with van der Waals surface area (Å²) in [5.41, 5.74) is 1.75. The average molecular weight is 328 g/mol. The Morgan fingerprint density at radius 1 is 1.21 bits per heavy atom. The Morgan fingerprint density at radius 3 is 2.79 bits per heavy atom. The molecular weight excluding hydrogens is 311 g/mol. The second-order valence-corrected chi connectivity index (χ2v) is 6.05. The van der Waals surface area contributed by atoms with Gasteiger partial charge in [0.1, 0.15) is 5.82 Å². The van der Waals surface area contributed by atoms with Gasteiger partial charge < -0.3 is 14.0 Å². The van der Waals surface area contributed by atoms with Crippen molar-refractivity contribution in [2.45, 2.75) is 25.1 Å². The summed E-state index contributed by atoms with van der Waals surface area (Å²) in [5.74, 6) is 0.946. The van der Waals surface area contributed by atoms with Gasteiger partial charge in [0.25, 0.3) is 0 Å². The van der Waals surface area contributed by atoms with Gasteiger partial charge in [0.05, 0.1) is 18.1 Å². The van der Waals surface area contributed by atoms with Crippen LogP contribution in [0, 0.1) is 5.82 Å². The number of likely N-dealkylation sites (tertiary alicyclic amines) is 1. The normalized spacial score (nSPS) is 21.4. The summed E-state index contributed by atoms with van der Waals surface area (Å²) >= 11 is 0. The van der Waals surface area contributed by atoms with Crippen LogP contribution < -0.4 is 0 Å². The lowest BCUT2D eigenvalue weighted by Gasteiger charge is -2.23. The number of hydrogen-bond donors (Lipinski definition) is 1. The van der Waals surface area contributed by atoms with E-state index in [-0.39, 0.29) is 11.9 Å². The van der Waals surface area contributed by atoms with Crippen LogP contribution in [0.1, 0.15) is 23.7 Å². The average Bonchev–Trinajstić information content (AvgIpc) is 3.29. The number of nitrogens with zero attached hydrogens (tertiary/aromatic N) is 2. The van der Waals surface area contributed by atoms with Crippen LogP contribution in [0.5, 0.6) is 0 Å². The van der Waals surface area contributed by atoms with Crippen molar-refractivity contribution >= 4 is 0 Å². The standard InChI is InChI=1S/C18H17FN2O3/c19-13-5-3-12(4-6-13)16-9-15(22)11-21(16)10-14-8-18(24-20-14)17-2-1-7-23-17/h1-8,15-16,22H,9-11H2/t15-,16-/m1/s1. The second-order valence-electron chi connectivity index (χ2n) is 6.05. The number of aromatic nitrogens is 1. The molecule has 0 unspecified atom stereocenters. The van der Waals surface area contributed by atoms with Crippen molar-refractivity contribution in [1.29, 1.82) is 0 Å². The summed E-state index contributed by atoms with van der Waals surface area (Å²) in [5, 5.41) is 14.1. The minimum atomic E-state index is -0.406. The zero-order valence-corrected chi connectivity index (χ0v) is 12.9. The van der Waals surface area contributed by atoms with E-state index in [1.807, 2.05) is 12.1 Å². The number of β-amino-alcohol motifs (C(OH)–C–C–N with tert-alkyl or cyclic N) is 1. The molecule has 0 saturated carbocycles. The zero-order chi connectivity index (χ0) is 16.5. The fraction of sp³-hybridized carbons (Fsp3) is 0.278. The lowest BCUT2D eigenvalue weighted by Crippen LogP contribution is -2.24. The summed E-state index contributed by atoms with van der Waals surface area (Å²) in [6.07, 6.45) is 1.80. The maximum atomic E-state index is 13.1. The van der Waals surface area contributed by atoms with E-state index in [2.05, 4.69) is 10.1 Å². The predicted molar refractivity (Wildman–Crippen MR) is 84.4 cm³/mol. The summed E-state index contributed by atoms with van der Waals surface area (Å²) < 4.78 is 23.8. The predicted octanol–water partition coefficient (Wildman–Crippen LogP) is 3.38. The molecule has 2 aromatic heterocycles. The molecule has 1 saturated heterocycles. The first-order valence-electron chi connectivity index (χ1n) is 7.86. The van der Waals surface area contributed by atoms with Crippen molar-refractivity contribution in [2.75, 3.05) is 6.54 Å². The van der Waals surface area contributed by atoms with Gasteiger partial charge in [0.2, 0.25) is 5.76 Å². The van der Waals surface area contributed by atoms with Gasteiger partial charge in [0.15, 0.2) is 5.76 Å². The lowest BCUT2D eigenvalue weighted by atomic mass is 10.0. The van der Waals surface area contributed by atoms with Gasteiger partial charge in [-0.3, -0.25) is 4.90 Å². The smallest absolute Gasteiger partial charge is 0.202 e. The first-order valence-corrected chi connectivity index (χ1v) is 7.86. The Bertz CT molecular complexity index is 798. The highest BCUT2D eigenvalue weighted by molar-refractivity contribution is 5.49. The third kappa shape index (κ3) is 2.98. The molecule has 0 spiro atoms. The highest BCUT2D eigenvalue weighted by Crippen LogP contribution is 2.33. The van der Waals surface area contributed by atoms with Crippen LogP contribution in [0.25, 0.3) is 11.5 Å².